The first kappa shape index (κ1) is 13.6. The van der Waals surface area contributed by atoms with Crippen molar-refractivity contribution in [2.24, 2.45) is 5.92 Å². The van der Waals surface area contributed by atoms with Gasteiger partial charge in [-0.3, -0.25) is 4.79 Å². The molecule has 102 valence electrons. The summed E-state index contributed by atoms with van der Waals surface area (Å²) in [5.74, 6) is -1.23. The highest BCUT2D eigenvalue weighted by Gasteiger charge is 2.48. The van der Waals surface area contributed by atoms with Gasteiger partial charge < -0.3 is 10.4 Å². The Balaban J connectivity index is 2.22. The van der Waals surface area contributed by atoms with Gasteiger partial charge in [0.25, 0.3) is 5.91 Å². The third-order valence-corrected chi connectivity index (χ3v) is 3.84. The van der Waals surface area contributed by atoms with Crippen LogP contribution in [-0.2, 0) is 4.79 Å². The van der Waals surface area contributed by atoms with Crippen molar-refractivity contribution in [3.8, 4) is 0 Å². The molecule has 0 saturated heterocycles. The minimum absolute atomic E-state index is 0.0414. The molecule has 4 heteroatoms. The van der Waals surface area contributed by atoms with E-state index in [1.165, 1.54) is 0 Å². The van der Waals surface area contributed by atoms with E-state index in [1.807, 2.05) is 26.0 Å². The second-order valence-corrected chi connectivity index (χ2v) is 5.55. The van der Waals surface area contributed by atoms with Crippen LogP contribution in [0.15, 0.2) is 18.2 Å². The molecule has 0 heterocycles. The van der Waals surface area contributed by atoms with Crippen LogP contribution in [0, 0.1) is 19.8 Å². The predicted molar refractivity (Wildman–Crippen MR) is 72.1 cm³/mol. The molecular weight excluding hydrogens is 242 g/mol. The van der Waals surface area contributed by atoms with Crippen LogP contribution in [0.1, 0.15) is 41.3 Å². The van der Waals surface area contributed by atoms with Gasteiger partial charge in [-0.05, 0) is 51.2 Å². The topological polar surface area (TPSA) is 66.4 Å². The number of carboxylic acid groups (broad SMARTS) is 1. The molecule has 1 atom stereocenters. The molecule has 1 aromatic carbocycles. The van der Waals surface area contributed by atoms with E-state index in [-0.39, 0.29) is 11.8 Å². The molecule has 2 rings (SSSR count). The number of carbonyl (C=O) groups is 2. The van der Waals surface area contributed by atoms with Crippen LogP contribution < -0.4 is 5.32 Å². The zero-order valence-electron chi connectivity index (χ0n) is 11.5. The van der Waals surface area contributed by atoms with E-state index in [2.05, 4.69) is 5.32 Å². The normalized spacial score (nSPS) is 17.6. The Hall–Kier alpha value is -1.84. The molecule has 1 saturated carbocycles. The fourth-order valence-corrected chi connectivity index (χ4v) is 2.36. The van der Waals surface area contributed by atoms with Crippen LogP contribution in [0.25, 0.3) is 0 Å². The maximum Gasteiger partial charge on any atom is 0.329 e. The van der Waals surface area contributed by atoms with Gasteiger partial charge in [-0.1, -0.05) is 17.7 Å². The number of carbonyl (C=O) groups excluding carboxylic acids is 1. The van der Waals surface area contributed by atoms with Crippen LogP contribution >= 0.6 is 0 Å². The van der Waals surface area contributed by atoms with Gasteiger partial charge in [0, 0.05) is 5.56 Å². The first-order valence-electron chi connectivity index (χ1n) is 6.48. The number of aliphatic carboxylic acids is 1. The predicted octanol–water partition coefficient (Wildman–Crippen LogP) is 2.29. The quantitative estimate of drug-likeness (QED) is 0.873. The fraction of sp³-hybridized carbons (Fsp3) is 0.467. The number of benzene rings is 1. The summed E-state index contributed by atoms with van der Waals surface area (Å²) >= 11 is 0. The van der Waals surface area contributed by atoms with Gasteiger partial charge in [-0.25, -0.2) is 4.79 Å². The van der Waals surface area contributed by atoms with Gasteiger partial charge in [0.1, 0.15) is 5.54 Å². The summed E-state index contributed by atoms with van der Waals surface area (Å²) in [4.78, 5) is 23.6. The Bertz CT molecular complexity index is 534. The van der Waals surface area contributed by atoms with E-state index in [9.17, 15) is 14.7 Å². The Morgan fingerprint density at radius 1 is 1.32 bits per heavy atom. The van der Waals surface area contributed by atoms with Crippen molar-refractivity contribution in [3.05, 3.63) is 34.9 Å². The molecule has 0 aliphatic heterocycles. The molecule has 0 bridgehead atoms. The maximum atomic E-state index is 12.3. The van der Waals surface area contributed by atoms with E-state index in [0.717, 1.165) is 24.0 Å². The monoisotopic (exact) mass is 261 g/mol. The molecule has 1 aliphatic rings. The van der Waals surface area contributed by atoms with Crippen molar-refractivity contribution in [1.29, 1.82) is 0 Å². The van der Waals surface area contributed by atoms with E-state index in [0.29, 0.717) is 5.56 Å². The average Bonchev–Trinajstić information content (AvgIpc) is 3.11. The highest BCUT2D eigenvalue weighted by molar-refractivity contribution is 5.99. The summed E-state index contributed by atoms with van der Waals surface area (Å²) in [5, 5.41) is 12.0. The van der Waals surface area contributed by atoms with Crippen molar-refractivity contribution in [2.45, 2.75) is 39.2 Å². The molecule has 0 spiro atoms. The first-order chi connectivity index (χ1) is 8.84. The Kier molecular flexibility index (Phi) is 3.35. The smallest absolute Gasteiger partial charge is 0.329 e. The summed E-state index contributed by atoms with van der Waals surface area (Å²) in [6.07, 6.45) is 1.71. The second-order valence-electron chi connectivity index (χ2n) is 5.55. The number of hydrogen-bond acceptors (Lipinski definition) is 2. The number of aryl methyl sites for hydroxylation is 2. The minimum atomic E-state index is -1.16. The summed E-state index contributed by atoms with van der Waals surface area (Å²) in [7, 11) is 0. The summed E-state index contributed by atoms with van der Waals surface area (Å²) in [6.45, 7) is 5.41. The van der Waals surface area contributed by atoms with Gasteiger partial charge in [-0.2, -0.15) is 0 Å². The van der Waals surface area contributed by atoms with Gasteiger partial charge >= 0.3 is 5.97 Å². The number of rotatable bonds is 4. The molecule has 2 N–H and O–H groups in total. The standard InChI is InChI=1S/C15H19NO3/c1-9-4-7-12(10(2)8-9)13(17)16-15(3,14(18)19)11-5-6-11/h4,7-8,11H,5-6H2,1-3H3,(H,16,17)(H,18,19). The van der Waals surface area contributed by atoms with Crippen molar-refractivity contribution >= 4 is 11.9 Å². The van der Waals surface area contributed by atoms with Crippen LogP contribution in [0.5, 0.6) is 0 Å². The maximum absolute atomic E-state index is 12.3. The van der Waals surface area contributed by atoms with Crippen LogP contribution in [0.2, 0.25) is 0 Å². The second kappa shape index (κ2) is 4.68. The van der Waals surface area contributed by atoms with Gasteiger partial charge in [0.05, 0.1) is 0 Å². The Morgan fingerprint density at radius 3 is 2.42 bits per heavy atom. The lowest BCUT2D eigenvalue weighted by atomic mass is 9.94. The highest BCUT2D eigenvalue weighted by atomic mass is 16.4. The number of hydrogen-bond donors (Lipinski definition) is 2. The summed E-state index contributed by atoms with van der Waals surface area (Å²) in [6, 6.07) is 5.52. The third kappa shape index (κ3) is 2.62. The average molecular weight is 261 g/mol. The molecule has 1 aliphatic carbocycles. The number of carboxylic acids is 1. The van der Waals surface area contributed by atoms with Gasteiger partial charge in [0.2, 0.25) is 0 Å². The molecule has 0 aromatic heterocycles. The molecule has 1 unspecified atom stereocenters. The van der Waals surface area contributed by atoms with Crippen LogP contribution in [-0.4, -0.2) is 22.5 Å². The van der Waals surface area contributed by atoms with Crippen molar-refractivity contribution < 1.29 is 14.7 Å². The molecule has 1 amide bonds. The van der Waals surface area contributed by atoms with Crippen LogP contribution in [0.4, 0.5) is 0 Å². The molecular formula is C15H19NO3. The van der Waals surface area contributed by atoms with Gasteiger partial charge in [0.15, 0.2) is 0 Å². The lowest BCUT2D eigenvalue weighted by Crippen LogP contribution is -2.54. The lowest BCUT2D eigenvalue weighted by Gasteiger charge is -2.26. The Labute approximate surface area is 112 Å². The summed E-state index contributed by atoms with van der Waals surface area (Å²) < 4.78 is 0. The summed E-state index contributed by atoms with van der Waals surface area (Å²) in [5.41, 5.74) is 1.33. The van der Waals surface area contributed by atoms with Gasteiger partial charge in [-0.15, -0.1) is 0 Å². The largest absolute Gasteiger partial charge is 0.480 e. The van der Waals surface area contributed by atoms with E-state index in [1.54, 1.807) is 13.0 Å². The molecule has 4 nitrogen and oxygen atoms in total. The van der Waals surface area contributed by atoms with Crippen molar-refractivity contribution in [1.82, 2.24) is 5.32 Å². The number of amides is 1. The van der Waals surface area contributed by atoms with Crippen molar-refractivity contribution in [3.63, 3.8) is 0 Å². The lowest BCUT2D eigenvalue weighted by molar-refractivity contribution is -0.144. The minimum Gasteiger partial charge on any atom is -0.480 e. The Morgan fingerprint density at radius 2 is 1.95 bits per heavy atom. The zero-order chi connectivity index (χ0) is 14.2. The van der Waals surface area contributed by atoms with E-state index >= 15 is 0 Å². The molecule has 0 radical (unpaired) electrons. The molecule has 1 fully saturated rings. The molecule has 1 aromatic rings. The fourth-order valence-electron chi connectivity index (χ4n) is 2.36. The van der Waals surface area contributed by atoms with E-state index < -0.39 is 11.5 Å². The first-order valence-corrected chi connectivity index (χ1v) is 6.48. The number of nitrogens with one attached hydrogen (secondary N) is 1. The zero-order valence-corrected chi connectivity index (χ0v) is 11.5. The van der Waals surface area contributed by atoms with E-state index in [4.69, 9.17) is 0 Å². The molecule has 19 heavy (non-hydrogen) atoms. The highest BCUT2D eigenvalue weighted by Crippen LogP contribution is 2.39. The van der Waals surface area contributed by atoms with Crippen molar-refractivity contribution in [2.75, 3.05) is 0 Å². The third-order valence-electron chi connectivity index (χ3n) is 3.84. The van der Waals surface area contributed by atoms with Crippen LogP contribution in [0.3, 0.4) is 0 Å². The SMILES string of the molecule is Cc1ccc(C(=O)NC(C)(C(=O)O)C2CC2)c(C)c1.